The van der Waals surface area contributed by atoms with Crippen LogP contribution in [0.4, 0.5) is 4.79 Å². The molecule has 1 amide bonds. The summed E-state index contributed by atoms with van der Waals surface area (Å²) in [5.74, 6) is -0.600. The summed E-state index contributed by atoms with van der Waals surface area (Å²) in [6, 6.07) is -0.887. The Morgan fingerprint density at radius 3 is 2.50 bits per heavy atom. The number of aliphatic hydroxyl groups excluding tert-OH is 1. The number of carbonyl (C=O) groups is 2. The zero-order valence-corrected chi connectivity index (χ0v) is 11.0. The second kappa shape index (κ2) is 5.53. The highest BCUT2D eigenvalue weighted by Gasteiger charge is 2.43. The Bertz CT molecular complexity index is 324. The first-order valence-electron chi connectivity index (χ1n) is 5.66. The smallest absolute Gasteiger partial charge is 0.435 e. The third-order valence-electron chi connectivity index (χ3n) is 2.28. The second-order valence-corrected chi connectivity index (χ2v) is 4.99. The lowest BCUT2D eigenvalue weighted by molar-refractivity contribution is -0.175. The summed E-state index contributed by atoms with van der Waals surface area (Å²) in [6.45, 7) is 4.83. The maximum absolute atomic E-state index is 11.8. The maximum atomic E-state index is 11.8. The minimum atomic E-state index is -0.887. The maximum Gasteiger partial charge on any atom is 0.435 e. The third-order valence-corrected chi connectivity index (χ3v) is 2.28. The number of hydrogen-bond acceptors (Lipinski definition) is 6. The quantitative estimate of drug-likeness (QED) is 0.727. The summed E-state index contributed by atoms with van der Waals surface area (Å²) in [7, 11) is 1.22. The number of aliphatic hydroxyl groups is 1. The molecule has 1 fully saturated rings. The van der Waals surface area contributed by atoms with Crippen molar-refractivity contribution in [2.24, 2.45) is 0 Å². The van der Waals surface area contributed by atoms with Gasteiger partial charge < -0.3 is 14.6 Å². The van der Waals surface area contributed by atoms with Crippen LogP contribution >= 0.6 is 0 Å². The molecule has 0 radical (unpaired) electrons. The Balaban J connectivity index is 2.77. The number of ether oxygens (including phenoxy) is 2. The van der Waals surface area contributed by atoms with Crippen molar-refractivity contribution in [3.8, 4) is 0 Å². The Morgan fingerprint density at radius 2 is 2.06 bits per heavy atom. The van der Waals surface area contributed by atoms with Gasteiger partial charge in [-0.1, -0.05) is 0 Å². The van der Waals surface area contributed by atoms with Crippen LogP contribution in [0.5, 0.6) is 0 Å². The number of amides is 1. The number of carbonyl (C=O) groups excluding carboxylic acids is 2. The van der Waals surface area contributed by atoms with Gasteiger partial charge in [0.1, 0.15) is 11.7 Å². The Labute approximate surface area is 106 Å². The summed E-state index contributed by atoms with van der Waals surface area (Å²) in [6.07, 6.45) is -1.20. The lowest BCUT2D eigenvalue weighted by atomic mass is 10.1. The zero-order valence-electron chi connectivity index (χ0n) is 11.0. The Kier molecular flexibility index (Phi) is 4.53. The molecule has 0 aromatic carbocycles. The van der Waals surface area contributed by atoms with Crippen molar-refractivity contribution in [1.29, 1.82) is 0 Å². The monoisotopic (exact) mass is 261 g/mol. The van der Waals surface area contributed by atoms with Gasteiger partial charge in [-0.2, -0.15) is 5.06 Å². The predicted molar refractivity (Wildman–Crippen MR) is 60.5 cm³/mol. The molecule has 0 aliphatic carbocycles. The molecule has 1 heterocycles. The van der Waals surface area contributed by atoms with E-state index in [2.05, 4.69) is 4.74 Å². The van der Waals surface area contributed by atoms with E-state index < -0.39 is 29.8 Å². The molecule has 0 aromatic rings. The van der Waals surface area contributed by atoms with Gasteiger partial charge in [-0.05, 0) is 20.8 Å². The largest absolute Gasteiger partial charge is 0.467 e. The number of esters is 1. The number of methoxy groups -OCH3 is 1. The van der Waals surface area contributed by atoms with E-state index in [0.717, 1.165) is 5.06 Å². The first kappa shape index (κ1) is 14.7. The van der Waals surface area contributed by atoms with Gasteiger partial charge in [0.25, 0.3) is 0 Å². The van der Waals surface area contributed by atoms with Gasteiger partial charge in [0, 0.05) is 6.42 Å². The van der Waals surface area contributed by atoms with E-state index in [0.29, 0.717) is 0 Å². The molecule has 0 spiro atoms. The van der Waals surface area contributed by atoms with Crippen LogP contribution in [0.15, 0.2) is 0 Å². The number of rotatable bonds is 2. The van der Waals surface area contributed by atoms with Crippen LogP contribution in [-0.4, -0.2) is 53.7 Å². The van der Waals surface area contributed by atoms with Gasteiger partial charge in [0.2, 0.25) is 0 Å². The van der Waals surface area contributed by atoms with Crippen LogP contribution < -0.4 is 0 Å². The average molecular weight is 261 g/mol. The van der Waals surface area contributed by atoms with E-state index in [4.69, 9.17) is 14.7 Å². The number of nitrogens with zero attached hydrogens (tertiary/aromatic N) is 1. The van der Waals surface area contributed by atoms with E-state index >= 15 is 0 Å². The highest BCUT2D eigenvalue weighted by molar-refractivity contribution is 5.81. The molecule has 1 aliphatic rings. The SMILES string of the molecule is COC(=O)[C@@H]1C[C@H](CO)ON1C(=O)OC(C)(C)C. The van der Waals surface area contributed by atoms with E-state index in [1.165, 1.54) is 7.11 Å². The van der Waals surface area contributed by atoms with Gasteiger partial charge in [-0.25, -0.2) is 9.59 Å². The molecule has 0 unspecified atom stereocenters. The summed E-state index contributed by atoms with van der Waals surface area (Å²) in [5.41, 5.74) is -0.696. The first-order chi connectivity index (χ1) is 8.28. The Morgan fingerprint density at radius 1 is 1.44 bits per heavy atom. The summed E-state index contributed by atoms with van der Waals surface area (Å²) < 4.78 is 9.70. The predicted octanol–water partition coefficient (Wildman–Crippen LogP) is 0.461. The van der Waals surface area contributed by atoms with Crippen LogP contribution in [0, 0.1) is 0 Å². The van der Waals surface area contributed by atoms with Crippen LogP contribution in [0.1, 0.15) is 27.2 Å². The fourth-order valence-electron chi connectivity index (χ4n) is 1.53. The second-order valence-electron chi connectivity index (χ2n) is 4.99. The van der Waals surface area contributed by atoms with E-state index in [9.17, 15) is 9.59 Å². The van der Waals surface area contributed by atoms with Gasteiger partial charge in [0.15, 0.2) is 6.04 Å². The molecule has 1 rings (SSSR count). The van der Waals surface area contributed by atoms with Crippen molar-refractivity contribution < 1.29 is 29.0 Å². The molecule has 2 atom stereocenters. The van der Waals surface area contributed by atoms with Gasteiger partial charge >= 0.3 is 12.1 Å². The standard InChI is InChI=1S/C11H19NO6/c1-11(2,3)17-10(15)12-8(9(14)16-4)5-7(6-13)18-12/h7-8,13H,5-6H2,1-4H3/t7-,8+/m1/s1. The van der Waals surface area contributed by atoms with Crippen LogP contribution in [-0.2, 0) is 19.1 Å². The molecule has 0 aromatic heterocycles. The van der Waals surface area contributed by atoms with Crippen molar-refractivity contribution in [2.75, 3.05) is 13.7 Å². The highest BCUT2D eigenvalue weighted by Crippen LogP contribution is 2.24. The van der Waals surface area contributed by atoms with Gasteiger partial charge in [-0.15, -0.1) is 0 Å². The fraction of sp³-hybridized carbons (Fsp3) is 0.818. The van der Waals surface area contributed by atoms with Crippen LogP contribution in [0.2, 0.25) is 0 Å². The zero-order chi connectivity index (χ0) is 13.9. The molecular weight excluding hydrogens is 242 g/mol. The summed E-state index contributed by atoms with van der Waals surface area (Å²) in [4.78, 5) is 28.5. The minimum Gasteiger partial charge on any atom is -0.467 e. The van der Waals surface area contributed by atoms with Crippen LogP contribution in [0.25, 0.3) is 0 Å². The molecular formula is C11H19NO6. The van der Waals surface area contributed by atoms with Crippen molar-refractivity contribution >= 4 is 12.1 Å². The van der Waals surface area contributed by atoms with Crippen molar-refractivity contribution in [3.63, 3.8) is 0 Å². The molecule has 0 saturated carbocycles. The van der Waals surface area contributed by atoms with Crippen molar-refractivity contribution in [3.05, 3.63) is 0 Å². The summed E-state index contributed by atoms with van der Waals surface area (Å²) in [5, 5.41) is 9.85. The molecule has 104 valence electrons. The lowest BCUT2D eigenvalue weighted by Gasteiger charge is -2.26. The molecule has 7 nitrogen and oxygen atoms in total. The van der Waals surface area contributed by atoms with Crippen LogP contribution in [0.3, 0.4) is 0 Å². The normalized spacial score (nSPS) is 23.9. The topological polar surface area (TPSA) is 85.3 Å². The minimum absolute atomic E-state index is 0.183. The molecule has 1 saturated heterocycles. The van der Waals surface area contributed by atoms with E-state index in [1.54, 1.807) is 20.8 Å². The first-order valence-corrected chi connectivity index (χ1v) is 5.66. The average Bonchev–Trinajstić information content (AvgIpc) is 2.69. The van der Waals surface area contributed by atoms with Crippen molar-refractivity contribution in [1.82, 2.24) is 5.06 Å². The van der Waals surface area contributed by atoms with Crippen molar-refractivity contribution in [2.45, 2.75) is 44.9 Å². The Hall–Kier alpha value is -1.34. The molecule has 0 bridgehead atoms. The number of hydrogen-bond donors (Lipinski definition) is 1. The van der Waals surface area contributed by atoms with E-state index in [1.807, 2.05) is 0 Å². The van der Waals surface area contributed by atoms with Gasteiger partial charge in [-0.3, -0.25) is 4.84 Å². The number of hydroxylamine groups is 2. The summed E-state index contributed by atoms with van der Waals surface area (Å²) >= 11 is 0. The highest BCUT2D eigenvalue weighted by atomic mass is 16.8. The molecule has 1 N–H and O–H groups in total. The van der Waals surface area contributed by atoms with E-state index in [-0.39, 0.29) is 13.0 Å². The fourth-order valence-corrected chi connectivity index (χ4v) is 1.53. The molecule has 7 heteroatoms. The van der Waals surface area contributed by atoms with Gasteiger partial charge in [0.05, 0.1) is 13.7 Å². The molecule has 1 aliphatic heterocycles. The lowest BCUT2D eigenvalue weighted by Crippen LogP contribution is -2.43. The third kappa shape index (κ3) is 3.58. The molecule has 18 heavy (non-hydrogen) atoms.